The molecule has 0 atom stereocenters. The number of fused-ring (bicyclic) bond motifs is 1. The Bertz CT molecular complexity index is 571. The molecule has 2 rings (SSSR count). The van der Waals surface area contributed by atoms with Gasteiger partial charge in [0.2, 0.25) is 10.0 Å². The molecule has 0 saturated carbocycles. The van der Waals surface area contributed by atoms with E-state index in [-0.39, 0.29) is 11.4 Å². The number of sulfonamides is 1. The lowest BCUT2D eigenvalue weighted by Gasteiger charge is -2.28. The summed E-state index contributed by atoms with van der Waals surface area (Å²) in [4.78, 5) is 0.179. The normalized spacial score (nSPS) is 20.8. The zero-order valence-corrected chi connectivity index (χ0v) is 11.2. The Kier molecular flexibility index (Phi) is 3.89. The van der Waals surface area contributed by atoms with Gasteiger partial charge in [-0.05, 0) is 12.5 Å². The third kappa shape index (κ3) is 2.23. The second-order valence-corrected chi connectivity index (χ2v) is 6.21. The Morgan fingerprint density at radius 2 is 2.11 bits per heavy atom. The Hall–Kier alpha value is -1.11. The highest BCUT2D eigenvalue weighted by atomic mass is 35.5. The fourth-order valence-corrected chi connectivity index (χ4v) is 3.70. The van der Waals surface area contributed by atoms with Crippen LogP contribution in [-0.2, 0) is 10.0 Å². The van der Waals surface area contributed by atoms with E-state index in [9.17, 15) is 8.42 Å². The summed E-state index contributed by atoms with van der Waals surface area (Å²) in [5.41, 5.74) is 0.817. The molecule has 1 aromatic rings. The van der Waals surface area contributed by atoms with Gasteiger partial charge in [0.05, 0.1) is 11.4 Å². The van der Waals surface area contributed by atoms with E-state index in [0.717, 1.165) is 0 Å². The predicted molar refractivity (Wildman–Crippen MR) is 68.9 cm³/mol. The Morgan fingerprint density at radius 3 is 2.78 bits per heavy atom. The lowest BCUT2D eigenvalue weighted by atomic mass is 10.1. The molecular weight excluding hydrogens is 276 g/mol. The fourth-order valence-electron chi connectivity index (χ4n) is 1.93. The largest absolute Gasteiger partial charge is 0.411 e. The van der Waals surface area contributed by atoms with Crippen LogP contribution >= 0.6 is 11.6 Å². The van der Waals surface area contributed by atoms with E-state index >= 15 is 0 Å². The Balaban J connectivity index is 2.49. The first kappa shape index (κ1) is 13.3. The first-order chi connectivity index (χ1) is 8.61. The van der Waals surface area contributed by atoms with Crippen molar-refractivity contribution in [3.05, 3.63) is 29.8 Å². The van der Waals surface area contributed by atoms with Crippen LogP contribution in [-0.4, -0.2) is 42.6 Å². The highest BCUT2D eigenvalue weighted by molar-refractivity contribution is 7.89. The van der Waals surface area contributed by atoms with Crippen molar-refractivity contribution >= 4 is 27.3 Å². The number of nitrogens with zero attached hydrogens (tertiary/aromatic N) is 2. The molecule has 18 heavy (non-hydrogen) atoms. The van der Waals surface area contributed by atoms with Gasteiger partial charge in [-0.25, -0.2) is 8.42 Å². The molecule has 1 heterocycles. The van der Waals surface area contributed by atoms with Gasteiger partial charge in [-0.1, -0.05) is 23.4 Å². The van der Waals surface area contributed by atoms with Crippen LogP contribution in [0, 0.1) is 0 Å². The van der Waals surface area contributed by atoms with E-state index in [2.05, 4.69) is 5.16 Å². The SMILES string of the molecule is O=S1(=O)c2ccccc2C(=NO)CN1CCCCl. The maximum Gasteiger partial charge on any atom is 0.244 e. The van der Waals surface area contributed by atoms with Crippen molar-refractivity contribution in [1.82, 2.24) is 4.31 Å². The minimum atomic E-state index is -3.52. The maximum absolute atomic E-state index is 12.3. The number of halogens is 1. The maximum atomic E-state index is 12.3. The summed E-state index contributed by atoms with van der Waals surface area (Å²) in [6.07, 6.45) is 0.557. The average Bonchev–Trinajstić information content (AvgIpc) is 2.38. The average molecular weight is 289 g/mol. The van der Waals surface area contributed by atoms with Gasteiger partial charge in [-0.2, -0.15) is 4.31 Å². The molecular formula is C11H13ClN2O3S. The zero-order chi connectivity index (χ0) is 13.2. The number of hydrogen-bond acceptors (Lipinski definition) is 4. The van der Waals surface area contributed by atoms with E-state index in [1.165, 1.54) is 10.4 Å². The summed E-state index contributed by atoms with van der Waals surface area (Å²) in [5, 5.41) is 12.2. The standard InChI is InChI=1S/C11H13ClN2O3S/c12-6-3-7-14-8-10(13-15)9-4-1-2-5-11(9)18(14,16)17/h1-2,4-5,15H,3,6-8H2. The van der Waals surface area contributed by atoms with Gasteiger partial charge in [0.25, 0.3) is 0 Å². The van der Waals surface area contributed by atoms with Crippen LogP contribution in [0.2, 0.25) is 0 Å². The van der Waals surface area contributed by atoms with Gasteiger partial charge in [-0.15, -0.1) is 11.6 Å². The molecule has 0 unspecified atom stereocenters. The second kappa shape index (κ2) is 5.26. The van der Waals surface area contributed by atoms with Crippen LogP contribution in [0.3, 0.4) is 0 Å². The molecule has 0 radical (unpaired) electrons. The van der Waals surface area contributed by atoms with Crippen molar-refractivity contribution in [1.29, 1.82) is 0 Å². The van der Waals surface area contributed by atoms with Gasteiger partial charge in [0.15, 0.2) is 0 Å². The Morgan fingerprint density at radius 1 is 1.39 bits per heavy atom. The molecule has 98 valence electrons. The van der Waals surface area contributed by atoms with Gasteiger partial charge in [0.1, 0.15) is 5.71 Å². The summed E-state index contributed by atoms with van der Waals surface area (Å²) in [5.74, 6) is 0.388. The van der Waals surface area contributed by atoms with E-state index < -0.39 is 10.0 Å². The molecule has 0 bridgehead atoms. The summed E-state index contributed by atoms with van der Waals surface area (Å²) in [7, 11) is -3.52. The molecule has 1 aromatic carbocycles. The molecule has 1 N–H and O–H groups in total. The first-order valence-electron chi connectivity index (χ1n) is 5.47. The first-order valence-corrected chi connectivity index (χ1v) is 7.45. The minimum absolute atomic E-state index is 0.0761. The molecule has 7 heteroatoms. The van der Waals surface area contributed by atoms with Crippen molar-refractivity contribution in [3.8, 4) is 0 Å². The van der Waals surface area contributed by atoms with Crippen LogP contribution < -0.4 is 0 Å². The molecule has 0 saturated heterocycles. The van der Waals surface area contributed by atoms with E-state index in [1.54, 1.807) is 18.2 Å². The van der Waals surface area contributed by atoms with Gasteiger partial charge < -0.3 is 5.21 Å². The number of hydrogen-bond donors (Lipinski definition) is 1. The van der Waals surface area contributed by atoms with Crippen LogP contribution in [0.25, 0.3) is 0 Å². The number of alkyl halides is 1. The summed E-state index contributed by atoms with van der Waals surface area (Å²) in [6, 6.07) is 6.52. The topological polar surface area (TPSA) is 70.0 Å². The lowest BCUT2D eigenvalue weighted by molar-refractivity contribution is 0.315. The van der Waals surface area contributed by atoms with Crippen LogP contribution in [0.4, 0.5) is 0 Å². The summed E-state index contributed by atoms with van der Waals surface area (Å²) < 4.78 is 25.9. The lowest BCUT2D eigenvalue weighted by Crippen LogP contribution is -2.41. The van der Waals surface area contributed by atoms with Gasteiger partial charge in [-0.3, -0.25) is 0 Å². The molecule has 5 nitrogen and oxygen atoms in total. The summed E-state index contributed by atoms with van der Waals surface area (Å²) >= 11 is 5.58. The van der Waals surface area contributed by atoms with Gasteiger partial charge >= 0.3 is 0 Å². The second-order valence-electron chi connectivity index (χ2n) is 3.92. The fraction of sp³-hybridized carbons (Fsp3) is 0.364. The number of rotatable bonds is 3. The molecule has 0 spiro atoms. The van der Waals surface area contributed by atoms with Crippen molar-refractivity contribution in [2.75, 3.05) is 19.0 Å². The monoisotopic (exact) mass is 288 g/mol. The van der Waals surface area contributed by atoms with Crippen molar-refractivity contribution < 1.29 is 13.6 Å². The van der Waals surface area contributed by atoms with Crippen LogP contribution in [0.1, 0.15) is 12.0 Å². The van der Waals surface area contributed by atoms with E-state index in [4.69, 9.17) is 16.8 Å². The van der Waals surface area contributed by atoms with Crippen molar-refractivity contribution in [3.63, 3.8) is 0 Å². The van der Waals surface area contributed by atoms with Crippen molar-refractivity contribution in [2.45, 2.75) is 11.3 Å². The zero-order valence-electron chi connectivity index (χ0n) is 9.58. The molecule has 0 amide bonds. The van der Waals surface area contributed by atoms with E-state index in [1.807, 2.05) is 0 Å². The van der Waals surface area contributed by atoms with Crippen LogP contribution in [0.15, 0.2) is 34.3 Å². The smallest absolute Gasteiger partial charge is 0.244 e. The predicted octanol–water partition coefficient (Wildman–Crippen LogP) is 1.50. The number of oxime groups is 1. The van der Waals surface area contributed by atoms with E-state index in [0.29, 0.717) is 30.1 Å². The third-order valence-corrected chi connectivity index (χ3v) is 4.97. The molecule has 1 aliphatic heterocycles. The summed E-state index contributed by atoms with van der Waals surface area (Å²) in [6.45, 7) is 0.395. The van der Waals surface area contributed by atoms with Crippen molar-refractivity contribution in [2.24, 2.45) is 5.16 Å². The molecule has 0 aliphatic carbocycles. The highest BCUT2D eigenvalue weighted by Gasteiger charge is 2.34. The van der Waals surface area contributed by atoms with Crippen LogP contribution in [0.5, 0.6) is 0 Å². The molecule has 0 fully saturated rings. The molecule has 0 aromatic heterocycles. The quantitative estimate of drug-likeness (QED) is 0.520. The van der Waals surface area contributed by atoms with Gasteiger partial charge in [0, 0.05) is 18.0 Å². The Labute approximate surface area is 111 Å². The highest BCUT2D eigenvalue weighted by Crippen LogP contribution is 2.26. The number of benzene rings is 1. The third-order valence-electron chi connectivity index (χ3n) is 2.80. The molecule has 1 aliphatic rings. The minimum Gasteiger partial charge on any atom is -0.411 e.